The molecule has 0 radical (unpaired) electrons. The molecule has 3 nitrogen and oxygen atoms in total. The third-order valence-electron chi connectivity index (χ3n) is 3.80. The molecule has 0 bridgehead atoms. The molecule has 3 unspecified atom stereocenters. The van der Waals surface area contributed by atoms with Gasteiger partial charge in [-0.25, -0.2) is 0 Å². The first-order chi connectivity index (χ1) is 9.08. The summed E-state index contributed by atoms with van der Waals surface area (Å²) in [5.74, 6) is 0.167. The molecule has 0 fully saturated rings. The highest BCUT2D eigenvalue weighted by molar-refractivity contribution is 5.84. The first-order valence-corrected chi connectivity index (χ1v) is 7.21. The molecule has 19 heavy (non-hydrogen) atoms. The van der Waals surface area contributed by atoms with Crippen LogP contribution in [0, 0.1) is 0 Å². The average Bonchev–Trinajstić information content (AvgIpc) is 2.36. The second kappa shape index (κ2) is 6.20. The van der Waals surface area contributed by atoms with Gasteiger partial charge in [0.05, 0.1) is 5.92 Å². The molecule has 0 saturated carbocycles. The minimum atomic E-state index is 0.0143. The van der Waals surface area contributed by atoms with Crippen LogP contribution in [0.3, 0.4) is 0 Å². The van der Waals surface area contributed by atoms with Gasteiger partial charge in [-0.05, 0) is 50.7 Å². The Hall–Kier alpha value is -1.35. The minimum Gasteiger partial charge on any atom is -0.353 e. The van der Waals surface area contributed by atoms with E-state index < -0.39 is 0 Å². The average molecular weight is 260 g/mol. The molecule has 0 spiro atoms. The molecule has 0 heterocycles. The van der Waals surface area contributed by atoms with E-state index in [2.05, 4.69) is 23.5 Å². The highest BCUT2D eigenvalue weighted by Crippen LogP contribution is 2.31. The van der Waals surface area contributed by atoms with Gasteiger partial charge in [0.25, 0.3) is 0 Å². The van der Waals surface area contributed by atoms with Crippen molar-refractivity contribution in [2.45, 2.75) is 57.5 Å². The van der Waals surface area contributed by atoms with Crippen molar-refractivity contribution in [1.29, 1.82) is 0 Å². The second-order valence-electron chi connectivity index (χ2n) is 5.77. The maximum absolute atomic E-state index is 12.4. The van der Waals surface area contributed by atoms with Crippen LogP contribution < -0.4 is 11.1 Å². The predicted octanol–water partition coefficient (Wildman–Crippen LogP) is 2.35. The molecule has 1 aromatic rings. The summed E-state index contributed by atoms with van der Waals surface area (Å²) < 4.78 is 0. The molecule has 3 N–H and O–H groups in total. The van der Waals surface area contributed by atoms with Crippen LogP contribution >= 0.6 is 0 Å². The van der Waals surface area contributed by atoms with Crippen LogP contribution in [-0.4, -0.2) is 18.0 Å². The Bertz CT molecular complexity index is 442. The van der Waals surface area contributed by atoms with Crippen molar-refractivity contribution < 1.29 is 4.79 Å². The fourth-order valence-electron chi connectivity index (χ4n) is 2.99. The molecule has 1 amide bonds. The number of nitrogens with two attached hydrogens (primary N) is 1. The fraction of sp³-hybridized carbons (Fsp3) is 0.562. The van der Waals surface area contributed by atoms with E-state index >= 15 is 0 Å². The van der Waals surface area contributed by atoms with Gasteiger partial charge in [0.1, 0.15) is 0 Å². The zero-order chi connectivity index (χ0) is 13.8. The van der Waals surface area contributed by atoms with Crippen LogP contribution in [0.15, 0.2) is 24.3 Å². The lowest BCUT2D eigenvalue weighted by Crippen LogP contribution is -2.40. The Labute approximate surface area is 115 Å². The molecule has 0 saturated heterocycles. The summed E-state index contributed by atoms with van der Waals surface area (Å²) in [5.41, 5.74) is 8.31. The Kier molecular flexibility index (Phi) is 4.59. The smallest absolute Gasteiger partial charge is 0.227 e. The maximum atomic E-state index is 12.4. The van der Waals surface area contributed by atoms with Gasteiger partial charge < -0.3 is 11.1 Å². The molecular weight excluding hydrogens is 236 g/mol. The third-order valence-corrected chi connectivity index (χ3v) is 3.80. The topological polar surface area (TPSA) is 55.1 Å². The van der Waals surface area contributed by atoms with E-state index in [0.29, 0.717) is 0 Å². The summed E-state index contributed by atoms with van der Waals surface area (Å²) in [5, 5.41) is 3.10. The summed E-state index contributed by atoms with van der Waals surface area (Å²) in [6, 6.07) is 8.57. The zero-order valence-electron chi connectivity index (χ0n) is 11.9. The Morgan fingerprint density at radius 1 is 1.42 bits per heavy atom. The SMILES string of the molecule is CC(N)CC(C)NC(=O)C1CCCc2ccccc21. The first kappa shape index (κ1) is 14.1. The van der Waals surface area contributed by atoms with Crippen molar-refractivity contribution in [2.24, 2.45) is 5.73 Å². The van der Waals surface area contributed by atoms with Crippen LogP contribution in [-0.2, 0) is 11.2 Å². The lowest BCUT2D eigenvalue weighted by Gasteiger charge is -2.26. The summed E-state index contributed by atoms with van der Waals surface area (Å²) in [6.45, 7) is 3.99. The highest BCUT2D eigenvalue weighted by atomic mass is 16.1. The van der Waals surface area contributed by atoms with Crippen molar-refractivity contribution >= 4 is 5.91 Å². The number of rotatable bonds is 4. The van der Waals surface area contributed by atoms with Gasteiger partial charge in [-0.2, -0.15) is 0 Å². The van der Waals surface area contributed by atoms with E-state index in [9.17, 15) is 4.79 Å². The summed E-state index contributed by atoms with van der Waals surface area (Å²) in [4.78, 5) is 12.4. The summed E-state index contributed by atoms with van der Waals surface area (Å²) in [6.07, 6.45) is 3.96. The number of aryl methyl sites for hydroxylation is 1. The Morgan fingerprint density at radius 3 is 2.89 bits per heavy atom. The van der Waals surface area contributed by atoms with E-state index in [4.69, 9.17) is 5.73 Å². The van der Waals surface area contributed by atoms with Crippen LogP contribution in [0.5, 0.6) is 0 Å². The molecule has 1 aromatic carbocycles. The normalized spacial score (nSPS) is 21.3. The monoisotopic (exact) mass is 260 g/mol. The van der Waals surface area contributed by atoms with Gasteiger partial charge >= 0.3 is 0 Å². The summed E-state index contributed by atoms with van der Waals surface area (Å²) >= 11 is 0. The highest BCUT2D eigenvalue weighted by Gasteiger charge is 2.26. The van der Waals surface area contributed by atoms with Crippen molar-refractivity contribution in [3.63, 3.8) is 0 Å². The number of nitrogens with one attached hydrogen (secondary N) is 1. The van der Waals surface area contributed by atoms with Crippen LogP contribution in [0.25, 0.3) is 0 Å². The molecule has 104 valence electrons. The molecule has 2 rings (SSSR count). The molecule has 3 heteroatoms. The molecule has 0 aromatic heterocycles. The Morgan fingerprint density at radius 2 is 2.16 bits per heavy atom. The lowest BCUT2D eigenvalue weighted by molar-refractivity contribution is -0.123. The second-order valence-corrected chi connectivity index (χ2v) is 5.77. The third kappa shape index (κ3) is 3.57. The van der Waals surface area contributed by atoms with Gasteiger partial charge in [0, 0.05) is 12.1 Å². The van der Waals surface area contributed by atoms with Crippen molar-refractivity contribution in [3.05, 3.63) is 35.4 Å². The number of benzene rings is 1. The van der Waals surface area contributed by atoms with Gasteiger partial charge in [-0.15, -0.1) is 0 Å². The van der Waals surface area contributed by atoms with Crippen LogP contribution in [0.2, 0.25) is 0 Å². The lowest BCUT2D eigenvalue weighted by atomic mass is 9.82. The quantitative estimate of drug-likeness (QED) is 0.873. The predicted molar refractivity (Wildman–Crippen MR) is 78.0 cm³/mol. The molecule has 1 aliphatic rings. The van der Waals surface area contributed by atoms with Gasteiger partial charge in [-0.1, -0.05) is 24.3 Å². The van der Waals surface area contributed by atoms with E-state index in [1.165, 1.54) is 11.1 Å². The Balaban J connectivity index is 2.04. The number of carbonyl (C=O) groups is 1. The number of hydrogen-bond acceptors (Lipinski definition) is 2. The number of fused-ring (bicyclic) bond motifs is 1. The van der Waals surface area contributed by atoms with Crippen molar-refractivity contribution in [3.8, 4) is 0 Å². The van der Waals surface area contributed by atoms with Gasteiger partial charge in [0.2, 0.25) is 5.91 Å². The minimum absolute atomic E-state index is 0.0143. The fourth-order valence-corrected chi connectivity index (χ4v) is 2.99. The zero-order valence-corrected chi connectivity index (χ0v) is 11.9. The maximum Gasteiger partial charge on any atom is 0.227 e. The van der Waals surface area contributed by atoms with E-state index in [0.717, 1.165) is 25.7 Å². The van der Waals surface area contributed by atoms with Crippen LogP contribution in [0.1, 0.15) is 50.2 Å². The van der Waals surface area contributed by atoms with E-state index in [1.54, 1.807) is 0 Å². The number of carbonyl (C=O) groups excluding carboxylic acids is 1. The van der Waals surface area contributed by atoms with Gasteiger partial charge in [-0.3, -0.25) is 4.79 Å². The number of hydrogen-bond donors (Lipinski definition) is 2. The molecule has 0 aliphatic heterocycles. The van der Waals surface area contributed by atoms with Gasteiger partial charge in [0.15, 0.2) is 0 Å². The standard InChI is InChI=1S/C16H24N2O/c1-11(17)10-12(2)18-16(19)15-9-5-7-13-6-3-4-8-14(13)15/h3-4,6,8,11-12,15H,5,7,9-10,17H2,1-2H3,(H,18,19). The van der Waals surface area contributed by atoms with Crippen molar-refractivity contribution in [2.75, 3.05) is 0 Å². The first-order valence-electron chi connectivity index (χ1n) is 7.21. The summed E-state index contributed by atoms with van der Waals surface area (Å²) in [7, 11) is 0. The molecule has 3 atom stereocenters. The van der Waals surface area contributed by atoms with Crippen LogP contribution in [0.4, 0.5) is 0 Å². The van der Waals surface area contributed by atoms with Crippen molar-refractivity contribution in [1.82, 2.24) is 5.32 Å². The number of amides is 1. The van der Waals surface area contributed by atoms with E-state index in [-0.39, 0.29) is 23.9 Å². The largest absolute Gasteiger partial charge is 0.353 e. The van der Waals surface area contributed by atoms with E-state index in [1.807, 2.05) is 19.9 Å². The molecular formula is C16H24N2O. The molecule has 1 aliphatic carbocycles.